The average Bonchev–Trinajstić information content (AvgIpc) is 3.80. The zero-order valence-corrected chi connectivity index (χ0v) is 36.2. The largest absolute Gasteiger partial charge is 2.00 e. The molecule has 0 N–H and O–H groups in total. The average molecular weight is 798 g/mol. The molecule has 1 amide bonds. The van der Waals surface area contributed by atoms with Crippen molar-refractivity contribution in [3.63, 3.8) is 0 Å². The van der Waals surface area contributed by atoms with E-state index in [0.29, 0.717) is 65.2 Å². The van der Waals surface area contributed by atoms with E-state index in [-0.39, 0.29) is 42.1 Å². The van der Waals surface area contributed by atoms with Crippen LogP contribution in [0.25, 0.3) is 44.9 Å². The molecule has 0 atom stereocenters. The SMILES string of the molecule is CCCC1=C(CCC)c2nc1nc1[n-]c(nc3nc(nc4[n-]c(n2)c(N(C)C)c4N(C)C(=O)C(F)(F)F)C(CCC)=C3CCC)c(CCC)c1CCC.[Zn+2]. The topological polar surface area (TPSA) is 129 Å². The summed E-state index contributed by atoms with van der Waals surface area (Å²) in [6.45, 7) is 12.6. The summed E-state index contributed by atoms with van der Waals surface area (Å²) in [7, 11) is 4.43. The van der Waals surface area contributed by atoms with Crippen molar-refractivity contribution in [2.75, 3.05) is 30.9 Å². The summed E-state index contributed by atoms with van der Waals surface area (Å²) < 4.78 is 42.1. The Morgan fingerprint density at radius 2 is 0.833 bits per heavy atom. The van der Waals surface area contributed by atoms with Gasteiger partial charge in [0.25, 0.3) is 0 Å². The van der Waals surface area contributed by atoms with Crippen LogP contribution in [0.3, 0.4) is 0 Å². The van der Waals surface area contributed by atoms with Gasteiger partial charge in [0.15, 0.2) is 0 Å². The number of allylic oxidation sites excluding steroid dienone is 4. The number of alkyl halides is 3. The fraction of sp³-hybridized carbons (Fsp3) is 0.564. The second-order valence-corrected chi connectivity index (χ2v) is 13.8. The molecule has 5 heterocycles. The molecule has 3 aromatic heterocycles. The molecule has 0 saturated heterocycles. The number of halogens is 3. The molecule has 15 heteroatoms. The van der Waals surface area contributed by atoms with Crippen molar-refractivity contribution in [2.24, 2.45) is 0 Å². The maximum Gasteiger partial charge on any atom is 2.00 e. The number of carbonyl (C=O) groups is 1. The second-order valence-electron chi connectivity index (χ2n) is 13.8. The van der Waals surface area contributed by atoms with Crippen LogP contribution in [0.1, 0.15) is 140 Å². The van der Waals surface area contributed by atoms with Crippen molar-refractivity contribution in [1.29, 1.82) is 0 Å². The summed E-state index contributed by atoms with van der Waals surface area (Å²) in [5.74, 6) is -0.373. The molecule has 8 bridgehead atoms. The summed E-state index contributed by atoms with van der Waals surface area (Å²) in [5.41, 5.74) is 6.94. The monoisotopic (exact) mass is 796 g/mol. The van der Waals surface area contributed by atoms with Crippen LogP contribution in [0.15, 0.2) is 0 Å². The standard InChI is InChI=1S/C39H51F3N10O.Zn/c1-10-16-22-23(17-11-2)31-43-30(22)44-32-24(18-12-3)26(20-14-5)34(46-32)48-36-28(51(7)8)29(52(9)38(53)39(40,41)42)37(50-36)49-35-27(21-15-6)25(19-13-4)33(45-31)47-35;/h10-21H2,1-9H3;/q-2;+2. The van der Waals surface area contributed by atoms with Crippen LogP contribution < -0.4 is 19.8 Å². The van der Waals surface area contributed by atoms with Crippen LogP contribution in [-0.4, -0.2) is 63.1 Å². The van der Waals surface area contributed by atoms with Crippen molar-refractivity contribution in [1.82, 2.24) is 39.9 Å². The number of amides is 1. The van der Waals surface area contributed by atoms with Gasteiger partial charge in [0.05, 0.1) is 34.7 Å². The Hall–Kier alpha value is -4.00. The van der Waals surface area contributed by atoms with Crippen LogP contribution in [-0.2, 0) is 37.1 Å². The maximum atomic E-state index is 14.0. The van der Waals surface area contributed by atoms with E-state index < -0.39 is 12.1 Å². The number of carbonyl (C=O) groups excluding carboxylic acids is 1. The summed E-state index contributed by atoms with van der Waals surface area (Å²) >= 11 is 0. The minimum atomic E-state index is -5.14. The number of aromatic nitrogens is 8. The molecule has 5 rings (SSSR count). The smallest absolute Gasteiger partial charge is 0.375 e. The van der Waals surface area contributed by atoms with Gasteiger partial charge in [-0.1, -0.05) is 80.1 Å². The second kappa shape index (κ2) is 18.1. The van der Waals surface area contributed by atoms with Gasteiger partial charge in [0, 0.05) is 43.7 Å². The Kier molecular flexibility index (Phi) is 14.3. The first-order chi connectivity index (χ1) is 25.3. The molecule has 0 spiro atoms. The van der Waals surface area contributed by atoms with Gasteiger partial charge in [-0.15, -0.1) is 0 Å². The van der Waals surface area contributed by atoms with Crippen LogP contribution in [0.2, 0.25) is 0 Å². The number of aryl methyl sites for hydroxylation is 2. The van der Waals surface area contributed by atoms with E-state index in [0.717, 1.165) is 91.8 Å². The minimum absolute atomic E-state index is 0. The van der Waals surface area contributed by atoms with E-state index >= 15 is 0 Å². The normalized spacial score (nSPS) is 13.1. The summed E-state index contributed by atoms with van der Waals surface area (Å²) in [4.78, 5) is 55.0. The van der Waals surface area contributed by atoms with Crippen LogP contribution in [0.5, 0.6) is 0 Å². The Morgan fingerprint density at radius 3 is 1.15 bits per heavy atom. The Bertz CT molecular complexity index is 2080. The number of nitrogens with zero attached hydrogens (tertiary/aromatic N) is 10. The molecular weight excluding hydrogens is 747 g/mol. The van der Waals surface area contributed by atoms with Crippen molar-refractivity contribution in [2.45, 2.75) is 125 Å². The van der Waals surface area contributed by atoms with Crippen molar-refractivity contribution in [3.8, 4) is 0 Å². The quantitative estimate of drug-likeness (QED) is 0.146. The molecular formula is C39H51F3N10OZn. The van der Waals surface area contributed by atoms with Crippen LogP contribution >= 0.6 is 0 Å². The van der Waals surface area contributed by atoms with E-state index in [1.54, 1.807) is 19.0 Å². The van der Waals surface area contributed by atoms with Crippen molar-refractivity contribution < 1.29 is 37.4 Å². The van der Waals surface area contributed by atoms with Gasteiger partial charge in [-0.2, -0.15) is 13.2 Å². The predicted molar refractivity (Wildman–Crippen MR) is 205 cm³/mol. The summed E-state index contributed by atoms with van der Waals surface area (Å²) in [6.07, 6.45) is 4.02. The van der Waals surface area contributed by atoms with Gasteiger partial charge >= 0.3 is 31.6 Å². The third-order valence-corrected chi connectivity index (χ3v) is 9.38. The van der Waals surface area contributed by atoms with E-state index in [1.807, 2.05) is 6.92 Å². The molecule has 286 valence electrons. The zero-order chi connectivity index (χ0) is 38.6. The van der Waals surface area contributed by atoms with E-state index in [1.165, 1.54) is 0 Å². The first-order valence-electron chi connectivity index (χ1n) is 19.0. The van der Waals surface area contributed by atoms with E-state index in [2.05, 4.69) is 34.6 Å². The van der Waals surface area contributed by atoms with Gasteiger partial charge < -0.3 is 39.7 Å². The molecule has 2 aliphatic heterocycles. The molecule has 11 nitrogen and oxygen atoms in total. The van der Waals surface area contributed by atoms with Gasteiger partial charge in [0.2, 0.25) is 0 Å². The minimum Gasteiger partial charge on any atom is -0.375 e. The van der Waals surface area contributed by atoms with E-state index in [9.17, 15) is 18.0 Å². The zero-order valence-electron chi connectivity index (χ0n) is 33.2. The number of rotatable bonds is 14. The molecule has 0 aliphatic carbocycles. The first-order valence-corrected chi connectivity index (χ1v) is 19.0. The molecule has 2 aliphatic rings. The fourth-order valence-electron chi connectivity index (χ4n) is 7.13. The van der Waals surface area contributed by atoms with Gasteiger partial charge in [-0.25, -0.2) is 9.97 Å². The molecule has 0 aromatic carbocycles. The molecule has 0 fully saturated rings. The molecule has 3 aromatic rings. The van der Waals surface area contributed by atoms with Crippen LogP contribution in [0.4, 0.5) is 24.5 Å². The van der Waals surface area contributed by atoms with Gasteiger partial charge in [0.1, 0.15) is 0 Å². The summed E-state index contributed by atoms with van der Waals surface area (Å²) in [5, 5.41) is 0. The Balaban J connectivity index is 0.00000650. The maximum absolute atomic E-state index is 14.0. The Morgan fingerprint density at radius 1 is 0.519 bits per heavy atom. The number of fused-ring (bicyclic) bond motifs is 8. The number of anilines is 2. The molecule has 0 unspecified atom stereocenters. The van der Waals surface area contributed by atoms with Crippen LogP contribution in [0, 0.1) is 0 Å². The first kappa shape index (κ1) is 42.7. The summed E-state index contributed by atoms with van der Waals surface area (Å²) in [6, 6.07) is 0. The fourth-order valence-corrected chi connectivity index (χ4v) is 7.13. The Labute approximate surface area is 328 Å². The van der Waals surface area contributed by atoms with Gasteiger partial charge in [-0.05, 0) is 71.9 Å². The predicted octanol–water partition coefficient (Wildman–Crippen LogP) is 8.67. The molecule has 0 saturated carbocycles. The van der Waals surface area contributed by atoms with Crippen molar-refractivity contribution >= 4 is 62.2 Å². The third kappa shape index (κ3) is 8.45. The van der Waals surface area contributed by atoms with Crippen molar-refractivity contribution in [3.05, 3.63) is 34.4 Å². The number of hydrogen-bond acceptors (Lipinski definition) is 8. The molecule has 54 heavy (non-hydrogen) atoms. The third-order valence-electron chi connectivity index (χ3n) is 9.38. The van der Waals surface area contributed by atoms with E-state index in [4.69, 9.17) is 39.9 Å². The molecule has 0 radical (unpaired) electrons. The van der Waals surface area contributed by atoms with Gasteiger partial charge in [-0.3, -0.25) is 4.79 Å². The number of hydrogen-bond donors (Lipinski definition) is 0.